The van der Waals surface area contributed by atoms with Crippen LogP contribution >= 0.6 is 0 Å². The second-order valence-electron chi connectivity index (χ2n) is 30.2. The quantitative estimate of drug-likeness (QED) is 0.0127. The number of carboxylic acid groups (broad SMARTS) is 2. The molecule has 0 aliphatic heterocycles. The molecule has 2 rings (SSSR count). The van der Waals surface area contributed by atoms with Crippen molar-refractivity contribution in [2.45, 2.75) is 236 Å². The molecule has 2 aromatic carbocycles. The van der Waals surface area contributed by atoms with Gasteiger partial charge in [-0.05, 0) is 113 Å². The van der Waals surface area contributed by atoms with Crippen LogP contribution in [0.15, 0.2) is 68.4 Å². The van der Waals surface area contributed by atoms with Crippen molar-refractivity contribution in [2.24, 2.45) is 78.6 Å². The lowest BCUT2D eigenvalue weighted by atomic mass is 9.97. The standard InChI is InChI=1S/C77H122FN25O22S/c1-10-39(5)60(73(122)91-37-57(106)94-54(35-59(109)110)71(120)98-48(21-16-30-88-76(83)84)66(115)100-52(62(80)111)33-44-18-13-12-14-19-44)102-69(118)49(22-17-31-89-77(85)86)96-65(114)47(20-15-29-87-75(81)82)97-70(119)53(32-38(3)4)101-68(117)50(25-27-56(79)105)99-67(116)51(26-28-58(107)108)95-63(112)42(8)92-74(123)61(40(6)11-2)103-72(121)55(93-43(9)104)36-90-64(113)46-34-45(126(78,124)125)24-23-41(46)7/h12-14,18-19,23-24,34,38-40,42,47-55,60-61H,10-11,15-17,20-22,25-33,35-37H2,1-9H3,(H2,79,105)(H2,80,111)(H,90,113)(H,91,122)(H,92,123)(H,93,104)(H,94,106)(H,95,112)(H,96,114)(H,97,119)(H,98,120)(H,99,116)(H,100,115)(H,101,117)(H,102,118)(H,103,121)(H,107,108)(H,109,110)(H4,81,82,87)(H4,83,84,88)(H4,85,86,89). The van der Waals surface area contributed by atoms with E-state index in [0.717, 1.165) is 32.0 Å². The summed E-state index contributed by atoms with van der Waals surface area (Å²) >= 11 is 0. The van der Waals surface area contributed by atoms with Crippen molar-refractivity contribution >= 4 is 135 Å². The minimum Gasteiger partial charge on any atom is -0.481 e. The van der Waals surface area contributed by atoms with Crippen LogP contribution in [-0.4, -0.2) is 248 Å². The number of aryl methyl sites for hydroxylation is 1. The van der Waals surface area contributed by atoms with Gasteiger partial charge in [-0.3, -0.25) is 101 Å². The van der Waals surface area contributed by atoms with Crippen molar-refractivity contribution in [1.82, 2.24) is 74.4 Å². The number of aliphatic carboxylic acids is 2. The van der Waals surface area contributed by atoms with Gasteiger partial charge in [0.1, 0.15) is 72.5 Å². The summed E-state index contributed by atoms with van der Waals surface area (Å²) in [6.07, 6.45) is -4.38. The number of nitrogens with one attached hydrogen (secondary N) is 14. The molecule has 0 fully saturated rings. The molecular weight excluding hydrogens is 1680 g/mol. The maximum Gasteiger partial charge on any atom is 0.332 e. The maximum atomic E-state index is 14.8. The Morgan fingerprint density at radius 3 is 1.28 bits per heavy atom. The molecule has 0 aliphatic carbocycles. The van der Waals surface area contributed by atoms with Gasteiger partial charge in [-0.2, -0.15) is 8.42 Å². The van der Waals surface area contributed by atoms with Crippen molar-refractivity contribution in [3.63, 3.8) is 0 Å². The summed E-state index contributed by atoms with van der Waals surface area (Å²) in [6.45, 7) is 11.4. The van der Waals surface area contributed by atoms with Gasteiger partial charge in [0.05, 0.1) is 17.9 Å². The van der Waals surface area contributed by atoms with E-state index in [-0.39, 0.29) is 113 Å². The molecule has 16 amide bonds. The topological polar surface area (TPSA) is 796 Å². The first-order valence-corrected chi connectivity index (χ1v) is 41.8. The first-order chi connectivity index (χ1) is 59.0. The lowest BCUT2D eigenvalue weighted by Gasteiger charge is -2.29. The molecule has 47 nitrogen and oxygen atoms in total. The summed E-state index contributed by atoms with van der Waals surface area (Å²) in [6, 6.07) is -8.12. The Morgan fingerprint density at radius 1 is 0.444 bits per heavy atom. The number of amides is 16. The lowest BCUT2D eigenvalue weighted by molar-refractivity contribution is -0.141. The normalized spacial score (nSPS) is 14.4. The molecule has 2 aromatic rings. The molecular formula is C77H122FN25O22S. The van der Waals surface area contributed by atoms with E-state index in [1.54, 1.807) is 65.0 Å². The van der Waals surface area contributed by atoms with Crippen LogP contribution in [0.4, 0.5) is 3.89 Å². The first kappa shape index (κ1) is 109. The van der Waals surface area contributed by atoms with Gasteiger partial charge >= 0.3 is 22.2 Å². The molecule has 49 heteroatoms. The number of carbonyl (C=O) groups excluding carboxylic acids is 16. The molecule has 14 unspecified atom stereocenters. The van der Waals surface area contributed by atoms with Crippen molar-refractivity contribution < 1.29 is 109 Å². The second kappa shape index (κ2) is 55.0. The van der Waals surface area contributed by atoms with Gasteiger partial charge in [0.15, 0.2) is 17.9 Å². The first-order valence-electron chi connectivity index (χ1n) is 40.4. The SMILES string of the molecule is CCC(C)C(NC(=O)C(CCCN=C(N)N)NC(=O)C(CCCN=C(N)N)NC(=O)C(CC(C)C)NC(=O)C(CCC(N)=O)NC(=O)C(CCC(=O)O)NC(=O)C(C)NC(=O)C(NC(=O)C(CNC(=O)c1cc(S(=O)(=O)F)ccc1C)NC(C)=O)C(C)CC)C(=O)NCC(=O)NC(CC(=O)O)C(=O)NC(CCCN=C(N)N)C(=O)NC(Cc1ccccc1)C(N)=O. The predicted molar refractivity (Wildman–Crippen MR) is 454 cm³/mol. The zero-order valence-electron chi connectivity index (χ0n) is 71.7. The number of halogens is 1. The number of carboxylic acids is 2. The van der Waals surface area contributed by atoms with E-state index in [1.807, 2.05) is 0 Å². The van der Waals surface area contributed by atoms with E-state index >= 15 is 0 Å². The van der Waals surface area contributed by atoms with Crippen LogP contribution in [0.2, 0.25) is 0 Å². The van der Waals surface area contributed by atoms with Gasteiger partial charge in [0.25, 0.3) is 5.91 Å². The Bertz CT molecular complexity index is 4360. The number of hydrogen-bond donors (Lipinski definition) is 24. The van der Waals surface area contributed by atoms with Gasteiger partial charge in [0.2, 0.25) is 88.6 Å². The van der Waals surface area contributed by atoms with Gasteiger partial charge in [-0.15, -0.1) is 3.89 Å². The highest BCUT2D eigenvalue weighted by Crippen LogP contribution is 2.20. The molecule has 700 valence electrons. The van der Waals surface area contributed by atoms with Crippen molar-refractivity contribution in [2.75, 3.05) is 32.7 Å². The van der Waals surface area contributed by atoms with Crippen LogP contribution in [0.1, 0.15) is 167 Å². The van der Waals surface area contributed by atoms with Crippen molar-refractivity contribution in [1.29, 1.82) is 0 Å². The van der Waals surface area contributed by atoms with E-state index in [2.05, 4.69) is 89.4 Å². The molecule has 0 aromatic heterocycles. The number of nitrogens with two attached hydrogens (primary N) is 8. The van der Waals surface area contributed by atoms with E-state index < -0.39 is 257 Å². The summed E-state index contributed by atoms with van der Waals surface area (Å²) in [5.74, 6) is -22.6. The second-order valence-corrected chi connectivity index (χ2v) is 31.6. The van der Waals surface area contributed by atoms with Gasteiger partial charge in [-0.25, -0.2) is 0 Å². The number of nitrogens with zero attached hydrogens (tertiary/aromatic N) is 3. The monoisotopic (exact) mass is 1800 g/mol. The minimum absolute atomic E-state index is 0.0283. The fourth-order valence-electron chi connectivity index (χ4n) is 12.0. The van der Waals surface area contributed by atoms with E-state index in [9.17, 15) is 109 Å². The van der Waals surface area contributed by atoms with Crippen molar-refractivity contribution in [3.05, 3.63) is 65.2 Å². The predicted octanol–water partition coefficient (Wildman–Crippen LogP) is -7.01. The van der Waals surface area contributed by atoms with Crippen LogP contribution in [0.5, 0.6) is 0 Å². The maximum absolute atomic E-state index is 14.8. The molecule has 0 bridgehead atoms. The van der Waals surface area contributed by atoms with Crippen molar-refractivity contribution in [3.8, 4) is 0 Å². The largest absolute Gasteiger partial charge is 0.481 e. The number of hydrogen-bond acceptors (Lipinski definition) is 23. The summed E-state index contributed by atoms with van der Waals surface area (Å²) in [5.41, 5.74) is 44.9. The highest BCUT2D eigenvalue weighted by Gasteiger charge is 2.39. The van der Waals surface area contributed by atoms with Gasteiger partial charge < -0.3 is 131 Å². The number of benzene rings is 2. The Balaban J connectivity index is 2.53. The molecule has 14 atom stereocenters. The molecule has 0 saturated heterocycles. The highest BCUT2D eigenvalue weighted by molar-refractivity contribution is 7.86. The molecule has 0 spiro atoms. The Hall–Kier alpha value is -13.4. The Kier molecular flexibility index (Phi) is 47.4. The number of aliphatic imine (C=N–C) groups is 3. The van der Waals surface area contributed by atoms with E-state index in [4.69, 9.17) is 45.9 Å². The third-order valence-electron chi connectivity index (χ3n) is 19.3. The Morgan fingerprint density at radius 2 is 0.857 bits per heavy atom. The lowest BCUT2D eigenvalue weighted by Crippen LogP contribution is -2.61. The average molecular weight is 1800 g/mol. The highest BCUT2D eigenvalue weighted by atomic mass is 32.3. The summed E-state index contributed by atoms with van der Waals surface area (Å²) in [7, 11) is -5.25. The number of primary amides is 2. The zero-order valence-corrected chi connectivity index (χ0v) is 72.5. The summed E-state index contributed by atoms with van der Waals surface area (Å²) in [5, 5.41) is 53.6. The third kappa shape index (κ3) is 41.6. The zero-order chi connectivity index (χ0) is 95.4. The van der Waals surface area contributed by atoms with Gasteiger partial charge in [-0.1, -0.05) is 90.8 Å². The number of guanidine groups is 3. The van der Waals surface area contributed by atoms with E-state index in [0.29, 0.717) is 5.56 Å². The summed E-state index contributed by atoms with van der Waals surface area (Å²) in [4.78, 5) is 256. The van der Waals surface area contributed by atoms with Gasteiger partial charge in [0, 0.05) is 57.9 Å². The van der Waals surface area contributed by atoms with Crippen LogP contribution < -0.4 is 120 Å². The summed E-state index contributed by atoms with van der Waals surface area (Å²) < 4.78 is 37.1. The third-order valence-corrected chi connectivity index (χ3v) is 20.1. The smallest absolute Gasteiger partial charge is 0.332 e. The fraction of sp³-hybridized carbons (Fsp3) is 0.571. The molecule has 0 aliphatic rings. The number of rotatable bonds is 58. The van der Waals surface area contributed by atoms with E-state index in [1.165, 1.54) is 13.8 Å². The molecule has 0 heterocycles. The number of carbonyl (C=O) groups is 18. The van der Waals surface area contributed by atoms with Crippen LogP contribution in [-0.2, 0) is 98.2 Å². The Labute approximate surface area is 727 Å². The molecule has 0 radical (unpaired) electrons. The molecule has 32 N–H and O–H groups in total. The minimum atomic E-state index is -5.25. The molecule has 0 saturated carbocycles. The van der Waals surface area contributed by atoms with Crippen LogP contribution in [0, 0.1) is 24.7 Å². The van der Waals surface area contributed by atoms with Crippen LogP contribution in [0.3, 0.4) is 0 Å². The average Bonchev–Trinajstić information content (AvgIpc) is 0.856. The molecule has 126 heavy (non-hydrogen) atoms. The van der Waals surface area contributed by atoms with Crippen LogP contribution in [0.25, 0.3) is 0 Å². The fourth-order valence-corrected chi connectivity index (χ4v) is 12.5.